The summed E-state index contributed by atoms with van der Waals surface area (Å²) in [4.78, 5) is 4.25. The average Bonchev–Trinajstić information content (AvgIpc) is 2.38. The maximum Gasteiger partial charge on any atom is 0.0724 e. The van der Waals surface area contributed by atoms with E-state index in [1.807, 2.05) is 31.2 Å². The van der Waals surface area contributed by atoms with E-state index >= 15 is 0 Å². The van der Waals surface area contributed by atoms with Gasteiger partial charge in [0.05, 0.1) is 16.9 Å². The van der Waals surface area contributed by atoms with Gasteiger partial charge >= 0.3 is 0 Å². The van der Waals surface area contributed by atoms with Gasteiger partial charge in [-0.05, 0) is 31.2 Å². The molecule has 0 saturated heterocycles. The molecule has 0 aliphatic carbocycles. The molecule has 0 radical (unpaired) electrons. The van der Waals surface area contributed by atoms with E-state index in [0.717, 1.165) is 16.6 Å². The SMILES string of the molecule is CC(CNc1ccc2ncccc2c1N)S(C)=O. The molecule has 1 aromatic carbocycles. The summed E-state index contributed by atoms with van der Waals surface area (Å²) in [6.07, 6.45) is 3.46. The zero-order chi connectivity index (χ0) is 13.1. The molecule has 2 aromatic rings. The minimum absolute atomic E-state index is 0.0917. The number of rotatable bonds is 4. The van der Waals surface area contributed by atoms with Crippen molar-refractivity contribution >= 4 is 33.1 Å². The molecule has 96 valence electrons. The second kappa shape index (κ2) is 5.35. The Morgan fingerprint density at radius 2 is 2.22 bits per heavy atom. The molecule has 5 heteroatoms. The fourth-order valence-corrected chi connectivity index (χ4v) is 2.02. The Kier molecular flexibility index (Phi) is 3.81. The lowest BCUT2D eigenvalue weighted by Gasteiger charge is -2.14. The molecule has 2 atom stereocenters. The molecule has 0 amide bonds. The van der Waals surface area contributed by atoms with Crippen molar-refractivity contribution in [2.45, 2.75) is 12.2 Å². The largest absolute Gasteiger partial charge is 0.397 e. The van der Waals surface area contributed by atoms with Gasteiger partial charge in [-0.1, -0.05) is 0 Å². The lowest BCUT2D eigenvalue weighted by atomic mass is 10.1. The summed E-state index contributed by atoms with van der Waals surface area (Å²) >= 11 is 0. The summed E-state index contributed by atoms with van der Waals surface area (Å²) in [6, 6.07) is 7.66. The number of nitrogens with zero attached hydrogens (tertiary/aromatic N) is 1. The Hall–Kier alpha value is -1.62. The third-order valence-corrected chi connectivity index (χ3v) is 4.27. The topological polar surface area (TPSA) is 68.0 Å². The summed E-state index contributed by atoms with van der Waals surface area (Å²) < 4.78 is 11.3. The third kappa shape index (κ3) is 2.61. The molecule has 2 rings (SSSR count). The van der Waals surface area contributed by atoms with E-state index in [-0.39, 0.29) is 5.25 Å². The number of pyridine rings is 1. The summed E-state index contributed by atoms with van der Waals surface area (Å²) in [7, 11) is -0.833. The van der Waals surface area contributed by atoms with Crippen LogP contribution < -0.4 is 11.1 Å². The van der Waals surface area contributed by atoms with Gasteiger partial charge in [0, 0.05) is 40.4 Å². The van der Waals surface area contributed by atoms with Crippen LogP contribution >= 0.6 is 0 Å². The number of aromatic nitrogens is 1. The van der Waals surface area contributed by atoms with Crippen molar-refractivity contribution in [2.24, 2.45) is 0 Å². The second-order valence-corrected chi connectivity index (χ2v) is 6.09. The predicted octanol–water partition coefficient (Wildman–Crippen LogP) is 2.00. The summed E-state index contributed by atoms with van der Waals surface area (Å²) in [5, 5.41) is 4.27. The van der Waals surface area contributed by atoms with E-state index in [2.05, 4.69) is 10.3 Å². The van der Waals surface area contributed by atoms with Crippen LogP contribution in [-0.4, -0.2) is 27.2 Å². The van der Waals surface area contributed by atoms with E-state index < -0.39 is 10.8 Å². The Bertz CT molecular complexity index is 585. The Balaban J connectivity index is 2.24. The molecule has 3 N–H and O–H groups in total. The molecule has 1 heterocycles. The number of hydrogen-bond donors (Lipinski definition) is 2. The summed E-state index contributed by atoms with van der Waals surface area (Å²) in [5.41, 5.74) is 8.54. The molecule has 0 aliphatic heterocycles. The highest BCUT2D eigenvalue weighted by Crippen LogP contribution is 2.27. The lowest BCUT2D eigenvalue weighted by Crippen LogP contribution is -2.21. The van der Waals surface area contributed by atoms with Crippen LogP contribution in [0.3, 0.4) is 0 Å². The van der Waals surface area contributed by atoms with Gasteiger partial charge in [0.1, 0.15) is 0 Å². The smallest absolute Gasteiger partial charge is 0.0724 e. The predicted molar refractivity (Wildman–Crippen MR) is 78.2 cm³/mol. The standard InChI is InChI=1S/C13H17N3OS/c1-9(18(2)17)8-16-12-6-5-11-10(13(12)14)4-3-7-15-11/h3-7,9,16H,8,14H2,1-2H3. The van der Waals surface area contributed by atoms with E-state index in [9.17, 15) is 4.21 Å². The lowest BCUT2D eigenvalue weighted by molar-refractivity contribution is 0.679. The van der Waals surface area contributed by atoms with Crippen molar-refractivity contribution in [2.75, 3.05) is 23.9 Å². The number of anilines is 2. The van der Waals surface area contributed by atoms with Gasteiger partial charge in [0.25, 0.3) is 0 Å². The van der Waals surface area contributed by atoms with Gasteiger partial charge in [-0.15, -0.1) is 0 Å². The Morgan fingerprint density at radius 3 is 2.94 bits per heavy atom. The number of fused-ring (bicyclic) bond motifs is 1. The van der Waals surface area contributed by atoms with Crippen molar-refractivity contribution in [3.63, 3.8) is 0 Å². The highest BCUT2D eigenvalue weighted by atomic mass is 32.2. The highest BCUT2D eigenvalue weighted by molar-refractivity contribution is 7.84. The van der Waals surface area contributed by atoms with E-state index in [1.165, 1.54) is 0 Å². The van der Waals surface area contributed by atoms with Crippen LogP contribution in [0.5, 0.6) is 0 Å². The number of nitrogen functional groups attached to an aromatic ring is 1. The first-order valence-corrected chi connectivity index (χ1v) is 7.41. The van der Waals surface area contributed by atoms with Gasteiger partial charge in [-0.3, -0.25) is 9.19 Å². The van der Waals surface area contributed by atoms with Crippen LogP contribution in [0.25, 0.3) is 10.9 Å². The van der Waals surface area contributed by atoms with Crippen molar-refractivity contribution in [3.8, 4) is 0 Å². The van der Waals surface area contributed by atoms with E-state index in [4.69, 9.17) is 5.73 Å². The fraction of sp³-hybridized carbons (Fsp3) is 0.308. The molecule has 4 nitrogen and oxygen atoms in total. The zero-order valence-corrected chi connectivity index (χ0v) is 11.3. The van der Waals surface area contributed by atoms with Crippen molar-refractivity contribution < 1.29 is 4.21 Å². The van der Waals surface area contributed by atoms with Crippen molar-refractivity contribution in [3.05, 3.63) is 30.5 Å². The number of benzene rings is 1. The molecule has 0 aliphatic rings. The highest BCUT2D eigenvalue weighted by Gasteiger charge is 2.08. The molecule has 1 aromatic heterocycles. The minimum atomic E-state index is -0.833. The minimum Gasteiger partial charge on any atom is -0.397 e. The Morgan fingerprint density at radius 1 is 1.44 bits per heavy atom. The second-order valence-electron chi connectivity index (χ2n) is 4.29. The van der Waals surface area contributed by atoms with Crippen LogP contribution in [-0.2, 0) is 10.8 Å². The first kappa shape index (κ1) is 12.8. The van der Waals surface area contributed by atoms with Gasteiger partial charge in [0.15, 0.2) is 0 Å². The maximum absolute atomic E-state index is 11.3. The van der Waals surface area contributed by atoms with Gasteiger partial charge in [-0.25, -0.2) is 0 Å². The molecular formula is C13H17N3OS. The average molecular weight is 263 g/mol. The van der Waals surface area contributed by atoms with Crippen LogP contribution in [0, 0.1) is 0 Å². The molecule has 2 unspecified atom stereocenters. The molecule has 0 saturated carbocycles. The van der Waals surface area contributed by atoms with Gasteiger partial charge in [0.2, 0.25) is 0 Å². The molecule has 0 spiro atoms. The number of hydrogen-bond acceptors (Lipinski definition) is 4. The van der Waals surface area contributed by atoms with Crippen molar-refractivity contribution in [1.82, 2.24) is 4.98 Å². The number of nitrogens with two attached hydrogens (primary N) is 1. The van der Waals surface area contributed by atoms with Gasteiger partial charge < -0.3 is 11.1 Å². The first-order valence-electron chi connectivity index (χ1n) is 5.79. The third-order valence-electron chi connectivity index (χ3n) is 2.97. The molecular weight excluding hydrogens is 246 g/mol. The molecule has 0 fully saturated rings. The van der Waals surface area contributed by atoms with Crippen molar-refractivity contribution in [1.29, 1.82) is 0 Å². The maximum atomic E-state index is 11.3. The Labute approximate surface area is 109 Å². The van der Waals surface area contributed by atoms with Crippen LogP contribution in [0.1, 0.15) is 6.92 Å². The summed E-state index contributed by atoms with van der Waals surface area (Å²) in [6.45, 7) is 2.58. The monoisotopic (exact) mass is 263 g/mol. The van der Waals surface area contributed by atoms with Crippen LogP contribution in [0.15, 0.2) is 30.5 Å². The molecule has 18 heavy (non-hydrogen) atoms. The molecule has 0 bridgehead atoms. The van der Waals surface area contributed by atoms with E-state index in [0.29, 0.717) is 12.2 Å². The van der Waals surface area contributed by atoms with Crippen LogP contribution in [0.4, 0.5) is 11.4 Å². The number of nitrogens with one attached hydrogen (secondary N) is 1. The quantitative estimate of drug-likeness (QED) is 0.828. The van der Waals surface area contributed by atoms with E-state index in [1.54, 1.807) is 12.5 Å². The summed E-state index contributed by atoms with van der Waals surface area (Å²) in [5.74, 6) is 0. The normalized spacial score (nSPS) is 14.3. The zero-order valence-electron chi connectivity index (χ0n) is 10.5. The first-order chi connectivity index (χ1) is 8.59. The van der Waals surface area contributed by atoms with Crippen LogP contribution in [0.2, 0.25) is 0 Å². The van der Waals surface area contributed by atoms with Gasteiger partial charge in [-0.2, -0.15) is 0 Å². The fourth-order valence-electron chi connectivity index (χ4n) is 1.70.